The van der Waals surface area contributed by atoms with Crippen LogP contribution in [0.25, 0.3) is 0 Å². The highest BCUT2D eigenvalue weighted by Crippen LogP contribution is 2.36. The number of hydrogen-bond donors (Lipinski definition) is 4. The van der Waals surface area contributed by atoms with Gasteiger partial charge >= 0.3 is 5.69 Å². The van der Waals surface area contributed by atoms with Gasteiger partial charge in [0.1, 0.15) is 12.2 Å². The summed E-state index contributed by atoms with van der Waals surface area (Å²) in [4.78, 5) is 27.3. The minimum Gasteiger partial charge on any atom is -0.394 e. The molecule has 0 radical (unpaired) electrons. The second-order valence-corrected chi connectivity index (χ2v) is 7.15. The summed E-state index contributed by atoms with van der Waals surface area (Å²) in [6.45, 7) is 7.86. The van der Waals surface area contributed by atoms with Gasteiger partial charge in [0.25, 0.3) is 5.56 Å². The van der Waals surface area contributed by atoms with Gasteiger partial charge in [0.2, 0.25) is 0 Å². The maximum Gasteiger partial charge on any atom is 0.330 e. The number of nitrogens with zero attached hydrogens (tertiary/aromatic N) is 2. The monoisotopic (exact) mass is 381 g/mol. The zero-order chi connectivity index (χ0) is 20.4. The molecule has 1 aliphatic heterocycles. The van der Waals surface area contributed by atoms with E-state index in [-0.39, 0.29) is 12.1 Å². The molecule has 9 heteroatoms. The smallest absolute Gasteiger partial charge is 0.330 e. The maximum atomic E-state index is 12.0. The molecule has 1 aliphatic rings. The van der Waals surface area contributed by atoms with Gasteiger partial charge in [-0.2, -0.15) is 0 Å². The second kappa shape index (κ2) is 8.37. The summed E-state index contributed by atoms with van der Waals surface area (Å²) in [6, 6.07) is 1.57. The summed E-state index contributed by atoms with van der Waals surface area (Å²) in [5, 5.41) is 31.0. The molecule has 2 heterocycles. The van der Waals surface area contributed by atoms with Crippen LogP contribution in [0.3, 0.4) is 0 Å². The largest absolute Gasteiger partial charge is 0.394 e. The van der Waals surface area contributed by atoms with Gasteiger partial charge in [-0.25, -0.2) is 4.79 Å². The van der Waals surface area contributed by atoms with E-state index in [1.54, 1.807) is 0 Å². The van der Waals surface area contributed by atoms with Gasteiger partial charge in [-0.3, -0.25) is 19.2 Å². The van der Waals surface area contributed by atoms with Gasteiger partial charge in [0.05, 0.1) is 13.2 Å². The molecule has 9 nitrogen and oxygen atoms in total. The van der Waals surface area contributed by atoms with Crippen molar-refractivity contribution in [3.63, 3.8) is 0 Å². The van der Waals surface area contributed by atoms with E-state index in [2.05, 4.69) is 21.7 Å². The molecule has 0 unspecified atom stereocenters. The molecule has 0 spiro atoms. The van der Waals surface area contributed by atoms with Gasteiger partial charge in [-0.1, -0.05) is 11.8 Å². The SMILES string of the molecule is CC(C)N(CC#C[C@@]1(O)[C@@H](CO)O[C@@H](n2ccc(=O)[nH]c2=O)[C@@H]1O)C(C)C. The molecule has 1 aromatic heterocycles. The van der Waals surface area contributed by atoms with E-state index in [0.717, 1.165) is 16.8 Å². The number of H-pyrrole nitrogens is 1. The molecule has 4 N–H and O–H groups in total. The van der Waals surface area contributed by atoms with Crippen LogP contribution in [0.15, 0.2) is 21.9 Å². The Balaban J connectivity index is 2.31. The lowest BCUT2D eigenvalue weighted by Gasteiger charge is -2.29. The highest BCUT2D eigenvalue weighted by molar-refractivity contribution is 5.24. The third kappa shape index (κ3) is 4.31. The summed E-state index contributed by atoms with van der Waals surface area (Å²) >= 11 is 0. The second-order valence-electron chi connectivity index (χ2n) is 7.15. The van der Waals surface area contributed by atoms with E-state index in [4.69, 9.17) is 4.74 Å². The molecule has 0 saturated carbocycles. The molecule has 1 saturated heterocycles. The summed E-state index contributed by atoms with van der Waals surface area (Å²) < 4.78 is 6.42. The van der Waals surface area contributed by atoms with Crippen LogP contribution in [0.4, 0.5) is 0 Å². The first-order valence-electron chi connectivity index (χ1n) is 8.85. The van der Waals surface area contributed by atoms with Crippen molar-refractivity contribution in [3.05, 3.63) is 33.1 Å². The Morgan fingerprint density at radius 1 is 1.33 bits per heavy atom. The zero-order valence-electron chi connectivity index (χ0n) is 15.9. The fourth-order valence-corrected chi connectivity index (χ4v) is 3.17. The van der Waals surface area contributed by atoms with Crippen molar-refractivity contribution in [2.45, 2.75) is 63.8 Å². The zero-order valence-corrected chi connectivity index (χ0v) is 15.9. The highest BCUT2D eigenvalue weighted by Gasteiger charge is 2.55. The molecule has 0 amide bonds. The van der Waals surface area contributed by atoms with Crippen LogP contribution in [0.1, 0.15) is 33.9 Å². The van der Waals surface area contributed by atoms with Crippen LogP contribution in [-0.2, 0) is 4.74 Å². The Morgan fingerprint density at radius 2 is 1.96 bits per heavy atom. The van der Waals surface area contributed by atoms with E-state index in [9.17, 15) is 24.9 Å². The minimum absolute atomic E-state index is 0.236. The van der Waals surface area contributed by atoms with Gasteiger partial charge in [0, 0.05) is 24.3 Å². The van der Waals surface area contributed by atoms with E-state index in [0.29, 0.717) is 6.54 Å². The number of aromatic nitrogens is 2. The average Bonchev–Trinajstić information content (AvgIpc) is 2.83. The Kier molecular flexibility index (Phi) is 6.62. The molecule has 4 atom stereocenters. The van der Waals surface area contributed by atoms with Crippen molar-refractivity contribution in [2.75, 3.05) is 13.2 Å². The number of aliphatic hydroxyl groups is 3. The van der Waals surface area contributed by atoms with Crippen molar-refractivity contribution in [1.82, 2.24) is 14.5 Å². The number of hydrogen-bond acceptors (Lipinski definition) is 7. The lowest BCUT2D eigenvalue weighted by atomic mass is 9.93. The molecular formula is C18H27N3O6. The van der Waals surface area contributed by atoms with Gasteiger partial charge in [0.15, 0.2) is 11.8 Å². The van der Waals surface area contributed by atoms with E-state index >= 15 is 0 Å². The molecule has 0 aromatic carbocycles. The first-order valence-corrected chi connectivity index (χ1v) is 8.85. The van der Waals surface area contributed by atoms with Crippen molar-refractivity contribution in [2.24, 2.45) is 0 Å². The van der Waals surface area contributed by atoms with Gasteiger partial charge < -0.3 is 20.1 Å². The molecule has 150 valence electrons. The van der Waals surface area contributed by atoms with Crippen molar-refractivity contribution < 1.29 is 20.1 Å². The molecule has 27 heavy (non-hydrogen) atoms. The van der Waals surface area contributed by atoms with Crippen molar-refractivity contribution in [1.29, 1.82) is 0 Å². The van der Waals surface area contributed by atoms with Crippen LogP contribution in [-0.4, -0.2) is 72.8 Å². The molecule has 1 fully saturated rings. The van der Waals surface area contributed by atoms with Crippen LogP contribution in [0.2, 0.25) is 0 Å². The molecule has 0 bridgehead atoms. The number of rotatable bonds is 5. The summed E-state index contributed by atoms with van der Waals surface area (Å²) in [5.41, 5.74) is -3.46. The van der Waals surface area contributed by atoms with Crippen molar-refractivity contribution in [3.8, 4) is 11.8 Å². The lowest BCUT2D eigenvalue weighted by molar-refractivity contribution is -0.0625. The quantitative estimate of drug-likeness (QED) is 0.464. The van der Waals surface area contributed by atoms with E-state index < -0.39 is 41.9 Å². The Hall–Kier alpha value is -1.96. The Labute approximate surface area is 157 Å². The number of aromatic amines is 1. The predicted octanol–water partition coefficient (Wildman–Crippen LogP) is -1.36. The average molecular weight is 381 g/mol. The molecule has 0 aliphatic carbocycles. The first-order chi connectivity index (χ1) is 12.6. The van der Waals surface area contributed by atoms with Gasteiger partial charge in [-0.05, 0) is 27.7 Å². The van der Waals surface area contributed by atoms with Crippen LogP contribution < -0.4 is 11.2 Å². The van der Waals surface area contributed by atoms with Gasteiger partial charge in [-0.15, -0.1) is 0 Å². The standard InChI is InChI=1S/C18H27N3O6/c1-11(2)20(12(3)4)8-5-7-18(26)13(10-22)27-16(15(18)24)21-9-6-14(23)19-17(21)25/h6,9,11-13,15-16,22,24,26H,8,10H2,1-4H3,(H,19,23,25)/t13-,15+,16-,18-/m1/s1. The minimum atomic E-state index is -2.06. The van der Waals surface area contributed by atoms with Crippen LogP contribution >= 0.6 is 0 Å². The first kappa shape index (κ1) is 21.3. The fourth-order valence-electron chi connectivity index (χ4n) is 3.17. The molecule has 1 aromatic rings. The van der Waals surface area contributed by atoms with E-state index in [1.165, 1.54) is 0 Å². The summed E-state index contributed by atoms with van der Waals surface area (Å²) in [7, 11) is 0. The highest BCUT2D eigenvalue weighted by atomic mass is 16.6. The third-order valence-corrected chi connectivity index (χ3v) is 4.68. The summed E-state index contributed by atoms with van der Waals surface area (Å²) in [5.74, 6) is 5.47. The maximum absolute atomic E-state index is 12.0. The van der Waals surface area contributed by atoms with E-state index in [1.807, 2.05) is 27.7 Å². The topological polar surface area (TPSA) is 128 Å². The van der Waals surface area contributed by atoms with Crippen LogP contribution in [0.5, 0.6) is 0 Å². The molecule has 2 rings (SSSR count). The number of aliphatic hydroxyl groups excluding tert-OH is 2. The molecular weight excluding hydrogens is 354 g/mol. The Morgan fingerprint density at radius 3 is 2.48 bits per heavy atom. The third-order valence-electron chi connectivity index (χ3n) is 4.68. The predicted molar refractivity (Wildman–Crippen MR) is 98.0 cm³/mol. The Bertz CT molecular complexity index is 813. The normalized spacial score (nSPS) is 28.0. The number of ether oxygens (including phenoxy) is 1. The lowest BCUT2D eigenvalue weighted by Crippen LogP contribution is -2.48. The summed E-state index contributed by atoms with van der Waals surface area (Å²) in [6.07, 6.45) is -2.95. The fraction of sp³-hybridized carbons (Fsp3) is 0.667. The van der Waals surface area contributed by atoms with Crippen LogP contribution in [0, 0.1) is 11.8 Å². The van der Waals surface area contributed by atoms with Crippen molar-refractivity contribution >= 4 is 0 Å². The number of nitrogens with one attached hydrogen (secondary N) is 1.